The van der Waals surface area contributed by atoms with Crippen molar-refractivity contribution in [2.45, 2.75) is 13.8 Å². The fourth-order valence-corrected chi connectivity index (χ4v) is 3.00. The normalized spacial score (nSPS) is 11.2. The minimum absolute atomic E-state index is 0.0805. The summed E-state index contributed by atoms with van der Waals surface area (Å²) in [6, 6.07) is 16.1. The van der Waals surface area contributed by atoms with Gasteiger partial charge in [0.25, 0.3) is 5.91 Å². The van der Waals surface area contributed by atoms with Gasteiger partial charge in [-0.25, -0.2) is 0 Å². The van der Waals surface area contributed by atoms with E-state index in [1.165, 1.54) is 6.08 Å². The third kappa shape index (κ3) is 4.28. The molecule has 0 spiro atoms. The summed E-state index contributed by atoms with van der Waals surface area (Å²) in [6.45, 7) is 3.74. The number of furan rings is 1. The Morgan fingerprint density at radius 3 is 2.68 bits per heavy atom. The van der Waals surface area contributed by atoms with Gasteiger partial charge in [0.05, 0.1) is 0 Å². The molecule has 1 aromatic heterocycles. The molecule has 1 amide bonds. The zero-order valence-electron chi connectivity index (χ0n) is 15.2. The fraction of sp³-hybridized carbons (Fsp3) is 0.0909. The van der Waals surface area contributed by atoms with E-state index in [1.807, 2.05) is 25.1 Å². The minimum Gasteiger partial charge on any atom is -0.457 e. The van der Waals surface area contributed by atoms with E-state index >= 15 is 0 Å². The van der Waals surface area contributed by atoms with Crippen molar-refractivity contribution >= 4 is 40.9 Å². The molecule has 6 heteroatoms. The molecule has 0 aliphatic heterocycles. The summed E-state index contributed by atoms with van der Waals surface area (Å²) in [4.78, 5) is 12.5. The molecule has 0 bridgehead atoms. The van der Waals surface area contributed by atoms with Crippen LogP contribution in [0.25, 0.3) is 17.4 Å². The van der Waals surface area contributed by atoms with Crippen LogP contribution in [0.1, 0.15) is 16.9 Å². The molecule has 3 aromatic rings. The van der Waals surface area contributed by atoms with E-state index in [0.29, 0.717) is 27.3 Å². The second kappa shape index (κ2) is 8.35. The van der Waals surface area contributed by atoms with Crippen LogP contribution in [0.4, 0.5) is 5.69 Å². The predicted octanol–water partition coefficient (Wildman–Crippen LogP) is 6.42. The van der Waals surface area contributed by atoms with Gasteiger partial charge in [-0.15, -0.1) is 0 Å². The zero-order valence-corrected chi connectivity index (χ0v) is 16.7. The first-order valence-electron chi connectivity index (χ1n) is 8.43. The molecule has 0 saturated carbocycles. The number of carbonyl (C=O) groups is 1. The molecule has 2 aromatic carbocycles. The van der Waals surface area contributed by atoms with Crippen molar-refractivity contribution in [3.8, 4) is 17.4 Å². The van der Waals surface area contributed by atoms with Gasteiger partial charge in [-0.3, -0.25) is 4.79 Å². The molecule has 0 aliphatic carbocycles. The van der Waals surface area contributed by atoms with Crippen LogP contribution in [0.3, 0.4) is 0 Å². The molecule has 0 saturated heterocycles. The number of carbonyl (C=O) groups excluding carboxylic acids is 1. The van der Waals surface area contributed by atoms with Crippen LogP contribution in [-0.4, -0.2) is 5.91 Å². The van der Waals surface area contributed by atoms with Gasteiger partial charge in [-0.05, 0) is 61.4 Å². The Kier molecular flexibility index (Phi) is 5.89. The van der Waals surface area contributed by atoms with Gasteiger partial charge in [-0.1, -0.05) is 35.3 Å². The second-order valence-corrected chi connectivity index (χ2v) is 7.04. The number of nitriles is 1. The lowest BCUT2D eigenvalue weighted by Crippen LogP contribution is -2.14. The summed E-state index contributed by atoms with van der Waals surface area (Å²) in [5.41, 5.74) is 3.05. The molecule has 3 rings (SSSR count). The molecule has 4 nitrogen and oxygen atoms in total. The first-order valence-corrected chi connectivity index (χ1v) is 9.19. The predicted molar refractivity (Wildman–Crippen MR) is 112 cm³/mol. The number of benzene rings is 2. The van der Waals surface area contributed by atoms with E-state index in [4.69, 9.17) is 27.6 Å². The number of nitrogens with zero attached hydrogens (tertiary/aromatic N) is 1. The first-order chi connectivity index (χ1) is 13.4. The maximum absolute atomic E-state index is 12.5. The molecular formula is C22H16Cl2N2O2. The molecule has 1 N–H and O–H groups in total. The maximum atomic E-state index is 12.5. The monoisotopic (exact) mass is 410 g/mol. The Morgan fingerprint density at radius 1 is 1.14 bits per heavy atom. The molecule has 0 fully saturated rings. The number of anilines is 1. The quantitative estimate of drug-likeness (QED) is 0.398. The van der Waals surface area contributed by atoms with Gasteiger partial charge in [-0.2, -0.15) is 5.26 Å². The van der Waals surface area contributed by atoms with Crippen LogP contribution in [-0.2, 0) is 4.79 Å². The van der Waals surface area contributed by atoms with Crippen molar-refractivity contribution in [2.75, 3.05) is 5.32 Å². The summed E-state index contributed by atoms with van der Waals surface area (Å²) in [7, 11) is 0. The van der Waals surface area contributed by atoms with Crippen molar-refractivity contribution in [1.29, 1.82) is 5.26 Å². The van der Waals surface area contributed by atoms with Crippen molar-refractivity contribution in [3.05, 3.63) is 81.0 Å². The Labute approximate surface area is 173 Å². The minimum atomic E-state index is -0.537. The number of aryl methyl sites for hydroxylation is 1. The summed E-state index contributed by atoms with van der Waals surface area (Å²) in [5.74, 6) is 0.461. The van der Waals surface area contributed by atoms with E-state index in [-0.39, 0.29) is 5.57 Å². The highest BCUT2D eigenvalue weighted by atomic mass is 35.5. The molecule has 28 heavy (non-hydrogen) atoms. The Hall–Kier alpha value is -3.00. The van der Waals surface area contributed by atoms with Crippen LogP contribution in [0, 0.1) is 25.2 Å². The summed E-state index contributed by atoms with van der Waals surface area (Å²) in [6.07, 6.45) is 1.40. The third-order valence-corrected chi connectivity index (χ3v) is 4.90. The van der Waals surface area contributed by atoms with Crippen LogP contribution in [0.5, 0.6) is 0 Å². The molecule has 0 aliphatic rings. The summed E-state index contributed by atoms with van der Waals surface area (Å²) < 4.78 is 5.79. The van der Waals surface area contributed by atoms with E-state index in [9.17, 15) is 10.1 Å². The van der Waals surface area contributed by atoms with Gasteiger partial charge in [0.2, 0.25) is 0 Å². The lowest BCUT2D eigenvalue weighted by Gasteiger charge is -2.08. The van der Waals surface area contributed by atoms with E-state index in [2.05, 4.69) is 5.32 Å². The number of hydrogen-bond donors (Lipinski definition) is 1. The number of amides is 1. The Balaban J connectivity index is 1.86. The van der Waals surface area contributed by atoms with E-state index in [1.54, 1.807) is 43.3 Å². The average molecular weight is 411 g/mol. The Bertz CT molecular complexity index is 1120. The topological polar surface area (TPSA) is 66.0 Å². The van der Waals surface area contributed by atoms with Gasteiger partial charge in [0.1, 0.15) is 23.2 Å². The zero-order chi connectivity index (χ0) is 20.3. The van der Waals surface area contributed by atoms with Crippen LogP contribution >= 0.6 is 23.2 Å². The Morgan fingerprint density at radius 2 is 1.93 bits per heavy atom. The van der Waals surface area contributed by atoms with Gasteiger partial charge < -0.3 is 9.73 Å². The van der Waals surface area contributed by atoms with Gasteiger partial charge >= 0.3 is 0 Å². The standard InChI is InChI=1S/C22H16Cl2N2O2/c1-13-6-7-16(23)11-18(13)21-9-8-17(28-21)10-15(12-25)22(27)26-20-5-3-4-19(24)14(20)2/h3-11H,1-2H3,(H,26,27)/b15-10+. The van der Waals surface area contributed by atoms with Crippen LogP contribution in [0.15, 0.2) is 58.5 Å². The number of nitrogens with one attached hydrogen (secondary N) is 1. The molecule has 0 atom stereocenters. The molecular weight excluding hydrogens is 395 g/mol. The molecule has 0 radical (unpaired) electrons. The smallest absolute Gasteiger partial charge is 0.266 e. The SMILES string of the molecule is Cc1ccc(Cl)cc1-c1ccc(/C=C(\C#N)C(=O)Nc2cccc(Cl)c2C)o1. The van der Waals surface area contributed by atoms with Crippen molar-refractivity contribution in [3.63, 3.8) is 0 Å². The van der Waals surface area contributed by atoms with Gasteiger partial charge in [0.15, 0.2) is 0 Å². The lowest BCUT2D eigenvalue weighted by atomic mass is 10.1. The molecule has 1 heterocycles. The molecule has 0 unspecified atom stereocenters. The molecule has 140 valence electrons. The van der Waals surface area contributed by atoms with Crippen LogP contribution in [0.2, 0.25) is 10.0 Å². The fourth-order valence-electron chi connectivity index (χ4n) is 2.66. The second-order valence-electron chi connectivity index (χ2n) is 6.20. The van der Waals surface area contributed by atoms with E-state index < -0.39 is 5.91 Å². The largest absolute Gasteiger partial charge is 0.457 e. The average Bonchev–Trinajstić information content (AvgIpc) is 3.13. The summed E-state index contributed by atoms with van der Waals surface area (Å²) in [5, 5.41) is 13.2. The van der Waals surface area contributed by atoms with Gasteiger partial charge in [0, 0.05) is 27.4 Å². The van der Waals surface area contributed by atoms with Crippen molar-refractivity contribution in [1.82, 2.24) is 0 Å². The maximum Gasteiger partial charge on any atom is 0.266 e. The lowest BCUT2D eigenvalue weighted by molar-refractivity contribution is -0.112. The van der Waals surface area contributed by atoms with E-state index in [0.717, 1.165) is 16.7 Å². The summed E-state index contributed by atoms with van der Waals surface area (Å²) >= 11 is 12.1. The van der Waals surface area contributed by atoms with Crippen LogP contribution < -0.4 is 5.32 Å². The highest BCUT2D eigenvalue weighted by molar-refractivity contribution is 6.32. The number of halogens is 2. The highest BCUT2D eigenvalue weighted by Crippen LogP contribution is 2.29. The third-order valence-electron chi connectivity index (χ3n) is 4.26. The highest BCUT2D eigenvalue weighted by Gasteiger charge is 2.14. The number of hydrogen-bond acceptors (Lipinski definition) is 3. The van der Waals surface area contributed by atoms with Crippen molar-refractivity contribution < 1.29 is 9.21 Å². The van der Waals surface area contributed by atoms with Crippen molar-refractivity contribution in [2.24, 2.45) is 0 Å². The number of rotatable bonds is 4. The first kappa shape index (κ1) is 19.8.